The lowest BCUT2D eigenvalue weighted by atomic mass is 10.3. The molecule has 1 aromatic rings. The molecule has 0 amide bonds. The van der Waals surface area contributed by atoms with Crippen LogP contribution in [0.25, 0.3) is 0 Å². The lowest BCUT2D eigenvalue weighted by Crippen LogP contribution is -2.22. The zero-order valence-electron chi connectivity index (χ0n) is 9.85. The fourth-order valence-corrected chi connectivity index (χ4v) is 2.06. The van der Waals surface area contributed by atoms with Crippen molar-refractivity contribution in [2.24, 2.45) is 0 Å². The second-order valence-electron chi connectivity index (χ2n) is 3.68. The van der Waals surface area contributed by atoms with Crippen LogP contribution in [-0.2, 0) is 14.8 Å². The van der Waals surface area contributed by atoms with Crippen molar-refractivity contribution < 1.29 is 36.2 Å². The average molecular weight is 313 g/mol. The van der Waals surface area contributed by atoms with Crippen LogP contribution in [-0.4, -0.2) is 38.0 Å². The van der Waals surface area contributed by atoms with Crippen molar-refractivity contribution in [3.63, 3.8) is 0 Å². The number of carboxylic acids is 1. The molecule has 112 valence electrons. The summed E-state index contributed by atoms with van der Waals surface area (Å²) in [6.07, 6.45) is -4.47. The van der Waals surface area contributed by atoms with E-state index in [9.17, 15) is 26.4 Å². The third-order valence-electron chi connectivity index (χ3n) is 1.84. The summed E-state index contributed by atoms with van der Waals surface area (Å²) in [5, 5.41) is 8.37. The topological polar surface area (TPSA) is 92.7 Å². The highest BCUT2D eigenvalue weighted by atomic mass is 32.2. The Morgan fingerprint density at radius 3 is 2.25 bits per heavy atom. The Hall–Kier alpha value is -1.97. The molecular weight excluding hydrogens is 303 g/mol. The van der Waals surface area contributed by atoms with Gasteiger partial charge in [-0.2, -0.15) is 13.2 Å². The summed E-state index contributed by atoms with van der Waals surface area (Å²) >= 11 is 0. The van der Waals surface area contributed by atoms with E-state index in [1.807, 2.05) is 4.72 Å². The molecule has 0 spiro atoms. The van der Waals surface area contributed by atoms with Gasteiger partial charge in [0.1, 0.15) is 5.75 Å². The number of ether oxygens (including phenoxy) is 1. The molecule has 0 unspecified atom stereocenters. The van der Waals surface area contributed by atoms with Crippen LogP contribution in [0.15, 0.2) is 24.3 Å². The minimum atomic E-state index is -4.47. The van der Waals surface area contributed by atoms with Gasteiger partial charge in [0.25, 0.3) is 0 Å². The van der Waals surface area contributed by atoms with Gasteiger partial charge in [-0.05, 0) is 24.3 Å². The van der Waals surface area contributed by atoms with Gasteiger partial charge in [-0.3, -0.25) is 9.52 Å². The number of hydrogen-bond acceptors (Lipinski definition) is 4. The van der Waals surface area contributed by atoms with Gasteiger partial charge in [-0.1, -0.05) is 0 Å². The van der Waals surface area contributed by atoms with E-state index < -0.39 is 34.5 Å². The van der Waals surface area contributed by atoms with Gasteiger partial charge in [0.2, 0.25) is 10.0 Å². The predicted octanol–water partition coefficient (Wildman–Crippen LogP) is 1.45. The Morgan fingerprint density at radius 2 is 1.80 bits per heavy atom. The molecule has 2 N–H and O–H groups in total. The maximum Gasteiger partial charge on any atom is 0.422 e. The number of halogens is 3. The molecule has 20 heavy (non-hydrogen) atoms. The van der Waals surface area contributed by atoms with Crippen LogP contribution >= 0.6 is 0 Å². The fourth-order valence-electron chi connectivity index (χ4n) is 1.16. The van der Waals surface area contributed by atoms with Gasteiger partial charge in [0.15, 0.2) is 12.4 Å². The van der Waals surface area contributed by atoms with Gasteiger partial charge in [0.05, 0.1) is 0 Å². The van der Waals surface area contributed by atoms with Crippen LogP contribution in [0.5, 0.6) is 5.75 Å². The summed E-state index contributed by atoms with van der Waals surface area (Å²) in [6, 6.07) is 4.57. The van der Waals surface area contributed by atoms with E-state index in [0.29, 0.717) is 0 Å². The lowest BCUT2D eigenvalue weighted by Gasteiger charge is -2.10. The lowest BCUT2D eigenvalue weighted by molar-refractivity contribution is -0.153. The van der Waals surface area contributed by atoms with Gasteiger partial charge in [-0.25, -0.2) is 8.42 Å². The zero-order chi connectivity index (χ0) is 15.4. The van der Waals surface area contributed by atoms with Crippen molar-refractivity contribution >= 4 is 21.7 Å². The summed E-state index contributed by atoms with van der Waals surface area (Å²) < 4.78 is 64.6. The van der Waals surface area contributed by atoms with Crippen molar-refractivity contribution in [2.45, 2.75) is 6.18 Å². The SMILES string of the molecule is O=C(O)CS(=O)(=O)Nc1ccc(OCC(F)(F)F)cc1. The standard InChI is InChI=1S/C10H10F3NO5S/c11-10(12,13)6-19-8-3-1-7(2-4-8)14-20(17,18)5-9(15)16/h1-4,14H,5-6H2,(H,15,16). The van der Waals surface area contributed by atoms with E-state index >= 15 is 0 Å². The number of hydrogen-bond donors (Lipinski definition) is 2. The molecule has 0 aliphatic rings. The number of nitrogens with one attached hydrogen (secondary N) is 1. The summed E-state index contributed by atoms with van der Waals surface area (Å²) in [4.78, 5) is 10.3. The molecule has 0 atom stereocenters. The van der Waals surface area contributed by atoms with Crippen LogP contribution < -0.4 is 9.46 Å². The van der Waals surface area contributed by atoms with Crippen LogP contribution in [0.3, 0.4) is 0 Å². The van der Waals surface area contributed by atoms with Crippen molar-refractivity contribution in [3.8, 4) is 5.75 Å². The molecule has 1 rings (SSSR count). The molecule has 0 heterocycles. The molecule has 0 aromatic heterocycles. The Kier molecular flexibility index (Phi) is 4.82. The van der Waals surface area contributed by atoms with Crippen LogP contribution in [0.4, 0.5) is 18.9 Å². The zero-order valence-corrected chi connectivity index (χ0v) is 10.7. The number of rotatable bonds is 6. The molecule has 0 saturated carbocycles. The second kappa shape index (κ2) is 5.99. The first-order valence-corrected chi connectivity index (χ1v) is 6.74. The molecule has 0 aliphatic carbocycles. The average Bonchev–Trinajstić information content (AvgIpc) is 2.24. The molecule has 1 aromatic carbocycles. The van der Waals surface area contributed by atoms with Crippen LogP contribution in [0.2, 0.25) is 0 Å². The molecule has 0 radical (unpaired) electrons. The molecular formula is C10H10F3NO5S. The first-order chi connectivity index (χ1) is 9.07. The largest absolute Gasteiger partial charge is 0.484 e. The highest BCUT2D eigenvalue weighted by Gasteiger charge is 2.28. The van der Waals surface area contributed by atoms with E-state index in [2.05, 4.69) is 4.74 Å². The summed E-state index contributed by atoms with van der Waals surface area (Å²) in [5.74, 6) is -2.73. The molecule has 0 saturated heterocycles. The van der Waals surface area contributed by atoms with Crippen LogP contribution in [0.1, 0.15) is 0 Å². The summed E-state index contributed by atoms with van der Waals surface area (Å²) in [5.41, 5.74) is 0.0191. The molecule has 6 nitrogen and oxygen atoms in total. The van der Waals surface area contributed by atoms with Crippen LogP contribution in [0, 0.1) is 0 Å². The summed E-state index contributed by atoms with van der Waals surface area (Å²) in [6.45, 7) is -1.46. The third-order valence-corrected chi connectivity index (χ3v) is 3.02. The number of carboxylic acid groups (broad SMARTS) is 1. The normalized spacial score (nSPS) is 11.9. The smallest absolute Gasteiger partial charge is 0.422 e. The van der Waals surface area contributed by atoms with Gasteiger partial charge in [0, 0.05) is 5.69 Å². The van der Waals surface area contributed by atoms with E-state index in [1.165, 1.54) is 0 Å². The van der Waals surface area contributed by atoms with Gasteiger partial charge < -0.3 is 9.84 Å². The minimum Gasteiger partial charge on any atom is -0.484 e. The van der Waals surface area contributed by atoms with Gasteiger partial charge >= 0.3 is 12.1 Å². The van der Waals surface area contributed by atoms with E-state index in [0.717, 1.165) is 24.3 Å². The molecule has 0 aliphatic heterocycles. The molecule has 0 bridgehead atoms. The molecule has 0 fully saturated rings. The first-order valence-electron chi connectivity index (χ1n) is 5.09. The Morgan fingerprint density at radius 1 is 1.25 bits per heavy atom. The number of alkyl halides is 3. The highest BCUT2D eigenvalue weighted by molar-refractivity contribution is 7.93. The Labute approximate surface area is 112 Å². The van der Waals surface area contributed by atoms with Crippen molar-refractivity contribution in [1.82, 2.24) is 0 Å². The maximum absolute atomic E-state index is 11.9. The Bertz CT molecular complexity index is 568. The van der Waals surface area contributed by atoms with Crippen molar-refractivity contribution in [1.29, 1.82) is 0 Å². The number of benzene rings is 1. The minimum absolute atomic E-state index is 0.0191. The second-order valence-corrected chi connectivity index (χ2v) is 5.41. The third kappa shape index (κ3) is 6.27. The predicted molar refractivity (Wildman–Crippen MR) is 63.0 cm³/mol. The highest BCUT2D eigenvalue weighted by Crippen LogP contribution is 2.20. The van der Waals surface area contributed by atoms with Crippen molar-refractivity contribution in [3.05, 3.63) is 24.3 Å². The Balaban J connectivity index is 2.65. The fraction of sp³-hybridized carbons (Fsp3) is 0.300. The quantitative estimate of drug-likeness (QED) is 0.829. The number of sulfonamides is 1. The van der Waals surface area contributed by atoms with Crippen molar-refractivity contribution in [2.75, 3.05) is 17.1 Å². The number of aliphatic carboxylic acids is 1. The molecule has 10 heteroatoms. The monoisotopic (exact) mass is 313 g/mol. The van der Waals surface area contributed by atoms with Gasteiger partial charge in [-0.15, -0.1) is 0 Å². The number of carbonyl (C=O) groups is 1. The first kappa shape index (κ1) is 16.1. The summed E-state index contributed by atoms with van der Waals surface area (Å²) in [7, 11) is -4.05. The number of anilines is 1. The van der Waals surface area contributed by atoms with E-state index in [-0.39, 0.29) is 11.4 Å². The maximum atomic E-state index is 11.9. The van der Waals surface area contributed by atoms with E-state index in [4.69, 9.17) is 5.11 Å². The van der Waals surface area contributed by atoms with E-state index in [1.54, 1.807) is 0 Å².